The molecule has 2 aliphatic rings. The normalized spacial score (nSPS) is 26.3. The van der Waals surface area contributed by atoms with Crippen molar-refractivity contribution >= 4 is 11.9 Å². The summed E-state index contributed by atoms with van der Waals surface area (Å²) < 4.78 is 11.2. The van der Waals surface area contributed by atoms with Gasteiger partial charge in [0, 0.05) is 18.2 Å². The molecule has 1 atom stereocenters. The van der Waals surface area contributed by atoms with E-state index in [-0.39, 0.29) is 24.0 Å². The molecule has 23 heavy (non-hydrogen) atoms. The molecule has 1 aliphatic carbocycles. The summed E-state index contributed by atoms with van der Waals surface area (Å²) in [6.45, 7) is 1.28. The Morgan fingerprint density at radius 1 is 1.35 bits per heavy atom. The topological polar surface area (TPSA) is 84.9 Å². The van der Waals surface area contributed by atoms with Crippen LogP contribution < -0.4 is 10.1 Å². The van der Waals surface area contributed by atoms with Crippen molar-refractivity contribution < 1.29 is 24.2 Å². The number of carbonyl (C=O) groups is 2. The lowest BCUT2D eigenvalue weighted by Gasteiger charge is -2.32. The van der Waals surface area contributed by atoms with Crippen LogP contribution in [0.15, 0.2) is 24.3 Å². The number of hydrogen-bond acceptors (Lipinski definition) is 4. The molecule has 0 bridgehead atoms. The molecule has 1 aliphatic heterocycles. The Labute approximate surface area is 134 Å². The van der Waals surface area contributed by atoms with Crippen molar-refractivity contribution in [2.75, 3.05) is 13.2 Å². The first-order valence-electron chi connectivity index (χ1n) is 8.00. The average molecular weight is 319 g/mol. The maximum atomic E-state index is 12.2. The zero-order chi connectivity index (χ0) is 16.2. The minimum absolute atomic E-state index is 0.0555. The van der Waals surface area contributed by atoms with Gasteiger partial charge in [-0.3, -0.25) is 9.59 Å². The molecule has 1 amide bonds. The van der Waals surface area contributed by atoms with Gasteiger partial charge in [-0.2, -0.15) is 0 Å². The lowest BCUT2D eigenvalue weighted by molar-refractivity contribution is -0.145. The summed E-state index contributed by atoms with van der Waals surface area (Å²) in [5.74, 6) is -0.673. The number of aliphatic carboxylic acids is 1. The van der Waals surface area contributed by atoms with Crippen molar-refractivity contribution in [1.29, 1.82) is 0 Å². The van der Waals surface area contributed by atoms with Gasteiger partial charge in [0.2, 0.25) is 0 Å². The molecular weight excluding hydrogens is 298 g/mol. The summed E-state index contributed by atoms with van der Waals surface area (Å²) in [5.41, 5.74) is 0.522. The lowest BCUT2D eigenvalue weighted by Crippen LogP contribution is -2.46. The van der Waals surface area contributed by atoms with E-state index in [1.54, 1.807) is 18.2 Å². The predicted octanol–water partition coefficient (Wildman–Crippen LogP) is 1.84. The number of nitrogens with one attached hydrogen (secondary N) is 1. The van der Waals surface area contributed by atoms with Crippen LogP contribution >= 0.6 is 0 Å². The quantitative estimate of drug-likeness (QED) is 0.836. The Morgan fingerprint density at radius 2 is 2.17 bits per heavy atom. The Kier molecular flexibility index (Phi) is 4.81. The zero-order valence-corrected chi connectivity index (χ0v) is 12.9. The Morgan fingerprint density at radius 3 is 2.87 bits per heavy atom. The van der Waals surface area contributed by atoms with Gasteiger partial charge in [0.25, 0.3) is 5.91 Å². The molecule has 6 nitrogen and oxygen atoms in total. The molecule has 0 spiro atoms. The van der Waals surface area contributed by atoms with E-state index in [4.69, 9.17) is 14.6 Å². The molecule has 6 heteroatoms. The van der Waals surface area contributed by atoms with Gasteiger partial charge < -0.3 is 19.9 Å². The second-order valence-electron chi connectivity index (χ2n) is 6.15. The van der Waals surface area contributed by atoms with Crippen LogP contribution in [0.4, 0.5) is 0 Å². The van der Waals surface area contributed by atoms with Crippen molar-refractivity contribution in [1.82, 2.24) is 5.32 Å². The van der Waals surface area contributed by atoms with Crippen molar-refractivity contribution in [3.05, 3.63) is 29.8 Å². The van der Waals surface area contributed by atoms with E-state index >= 15 is 0 Å². The van der Waals surface area contributed by atoms with E-state index in [0.29, 0.717) is 30.8 Å². The minimum atomic E-state index is -0.792. The molecule has 124 valence electrons. The molecule has 2 N–H and O–H groups in total. The number of carboxylic acids is 1. The van der Waals surface area contributed by atoms with Crippen molar-refractivity contribution in [2.24, 2.45) is 5.92 Å². The third-order valence-corrected chi connectivity index (χ3v) is 4.38. The average Bonchev–Trinajstić information content (AvgIpc) is 3.01. The van der Waals surface area contributed by atoms with Crippen LogP contribution in [0.3, 0.4) is 0 Å². The highest BCUT2D eigenvalue weighted by atomic mass is 16.5. The zero-order valence-electron chi connectivity index (χ0n) is 12.9. The van der Waals surface area contributed by atoms with Crippen LogP contribution in [0.1, 0.15) is 36.0 Å². The molecule has 1 saturated carbocycles. The van der Waals surface area contributed by atoms with Crippen LogP contribution in [0.5, 0.6) is 5.75 Å². The Hall–Kier alpha value is -2.08. The molecule has 1 aromatic carbocycles. The highest BCUT2D eigenvalue weighted by Gasteiger charge is 2.35. The second kappa shape index (κ2) is 7.00. The smallest absolute Gasteiger partial charge is 0.306 e. The summed E-state index contributed by atoms with van der Waals surface area (Å²) in [6.07, 6.45) is 3.20. The van der Waals surface area contributed by atoms with Gasteiger partial charge >= 0.3 is 5.97 Å². The third-order valence-electron chi connectivity index (χ3n) is 4.38. The van der Waals surface area contributed by atoms with Crippen molar-refractivity contribution in [3.8, 4) is 5.75 Å². The standard InChI is InChI=1S/C17H21NO5/c19-16(18-13-7-12(8-13)17(20)21)11-3-1-4-14(9-11)23-10-15-5-2-6-22-15/h1,3-4,9,12-13,15H,2,5-8,10H2,(H,18,19)(H,20,21). The molecule has 0 radical (unpaired) electrons. The number of carboxylic acid groups (broad SMARTS) is 1. The van der Waals surface area contributed by atoms with E-state index in [2.05, 4.69) is 5.32 Å². The fraction of sp³-hybridized carbons (Fsp3) is 0.529. The minimum Gasteiger partial charge on any atom is -0.491 e. The van der Waals surface area contributed by atoms with Gasteiger partial charge in [-0.25, -0.2) is 0 Å². The molecule has 3 rings (SSSR count). The first-order valence-corrected chi connectivity index (χ1v) is 8.00. The van der Waals surface area contributed by atoms with Gasteiger partial charge in [0.1, 0.15) is 12.4 Å². The number of hydrogen-bond donors (Lipinski definition) is 2. The predicted molar refractivity (Wildman–Crippen MR) is 82.5 cm³/mol. The van der Waals surface area contributed by atoms with E-state index in [1.807, 2.05) is 6.07 Å². The van der Waals surface area contributed by atoms with E-state index in [1.165, 1.54) is 0 Å². The van der Waals surface area contributed by atoms with Gasteiger partial charge in [0.15, 0.2) is 0 Å². The van der Waals surface area contributed by atoms with Gasteiger partial charge in [-0.15, -0.1) is 0 Å². The molecule has 2 fully saturated rings. The van der Waals surface area contributed by atoms with E-state index in [0.717, 1.165) is 19.4 Å². The maximum absolute atomic E-state index is 12.2. The number of amides is 1. The highest BCUT2D eigenvalue weighted by Crippen LogP contribution is 2.27. The SMILES string of the molecule is O=C(NC1CC(C(=O)O)C1)c1cccc(OCC2CCCO2)c1. The number of benzene rings is 1. The summed E-state index contributed by atoms with van der Waals surface area (Å²) >= 11 is 0. The molecule has 1 unspecified atom stereocenters. The Bertz CT molecular complexity index is 576. The van der Waals surface area contributed by atoms with Crippen LogP contribution in [0, 0.1) is 5.92 Å². The summed E-state index contributed by atoms with van der Waals surface area (Å²) in [7, 11) is 0. The first kappa shape index (κ1) is 15.8. The van der Waals surface area contributed by atoms with Crippen LogP contribution in [-0.2, 0) is 9.53 Å². The van der Waals surface area contributed by atoms with Gasteiger partial charge in [0.05, 0.1) is 12.0 Å². The van der Waals surface area contributed by atoms with Crippen LogP contribution in [0.2, 0.25) is 0 Å². The van der Waals surface area contributed by atoms with E-state index < -0.39 is 5.97 Å². The Balaban J connectivity index is 1.50. The number of ether oxygens (including phenoxy) is 2. The number of carbonyl (C=O) groups excluding carboxylic acids is 1. The summed E-state index contributed by atoms with van der Waals surface area (Å²) in [6, 6.07) is 6.97. The van der Waals surface area contributed by atoms with Crippen molar-refractivity contribution in [2.45, 2.75) is 37.8 Å². The monoisotopic (exact) mass is 319 g/mol. The highest BCUT2D eigenvalue weighted by molar-refractivity contribution is 5.95. The fourth-order valence-corrected chi connectivity index (χ4v) is 2.90. The first-order chi connectivity index (χ1) is 11.1. The second-order valence-corrected chi connectivity index (χ2v) is 6.15. The number of rotatable bonds is 6. The van der Waals surface area contributed by atoms with Crippen LogP contribution in [0.25, 0.3) is 0 Å². The van der Waals surface area contributed by atoms with Crippen molar-refractivity contribution in [3.63, 3.8) is 0 Å². The van der Waals surface area contributed by atoms with Gasteiger partial charge in [-0.05, 0) is 43.9 Å². The molecule has 1 heterocycles. The fourth-order valence-electron chi connectivity index (χ4n) is 2.90. The maximum Gasteiger partial charge on any atom is 0.306 e. The summed E-state index contributed by atoms with van der Waals surface area (Å²) in [5, 5.41) is 11.7. The molecular formula is C17H21NO5. The summed E-state index contributed by atoms with van der Waals surface area (Å²) in [4.78, 5) is 23.0. The lowest BCUT2D eigenvalue weighted by atomic mass is 9.80. The van der Waals surface area contributed by atoms with E-state index in [9.17, 15) is 9.59 Å². The third kappa shape index (κ3) is 4.01. The molecule has 1 aromatic rings. The molecule has 0 aromatic heterocycles. The molecule has 1 saturated heterocycles. The van der Waals surface area contributed by atoms with Gasteiger partial charge in [-0.1, -0.05) is 6.07 Å². The largest absolute Gasteiger partial charge is 0.491 e. The van der Waals surface area contributed by atoms with Crippen LogP contribution in [-0.4, -0.2) is 42.3 Å².